The highest BCUT2D eigenvalue weighted by atomic mass is 15.2. The van der Waals surface area contributed by atoms with E-state index in [0.29, 0.717) is 0 Å². The average molecular weight is 547 g/mol. The van der Waals surface area contributed by atoms with Gasteiger partial charge in [-0.2, -0.15) is 0 Å². The molecule has 5 aromatic carbocycles. The smallest absolute Gasteiger partial charge is 0.0540 e. The van der Waals surface area contributed by atoms with Crippen LogP contribution in [-0.4, -0.2) is 0 Å². The van der Waals surface area contributed by atoms with Gasteiger partial charge in [0.1, 0.15) is 0 Å². The quantitative estimate of drug-likeness (QED) is 0.218. The molecule has 0 unspecified atom stereocenters. The number of rotatable bonds is 3. The van der Waals surface area contributed by atoms with E-state index in [1.165, 1.54) is 39.2 Å². The molecule has 0 atom stereocenters. The Morgan fingerprint density at radius 2 is 1.10 bits per heavy atom. The Morgan fingerprint density at radius 3 is 1.71 bits per heavy atom. The van der Waals surface area contributed by atoms with E-state index in [0.717, 1.165) is 34.7 Å². The third-order valence-electron chi connectivity index (χ3n) is 8.81. The lowest BCUT2D eigenvalue weighted by atomic mass is 9.72. The van der Waals surface area contributed by atoms with Crippen molar-refractivity contribution in [2.45, 2.75) is 46.5 Å². The highest BCUT2D eigenvalue weighted by molar-refractivity contribution is 6.00. The largest absolute Gasteiger partial charge is 0.310 e. The van der Waals surface area contributed by atoms with Gasteiger partial charge in [-0.15, -0.1) is 0 Å². The maximum atomic E-state index is 4.47. The van der Waals surface area contributed by atoms with Gasteiger partial charge in [-0.3, -0.25) is 0 Å². The van der Waals surface area contributed by atoms with Crippen molar-refractivity contribution in [2.24, 2.45) is 5.41 Å². The van der Waals surface area contributed by atoms with E-state index in [1.54, 1.807) is 0 Å². The molecule has 0 amide bonds. The number of anilines is 6. The molecule has 0 aromatic heterocycles. The van der Waals surface area contributed by atoms with Crippen molar-refractivity contribution in [1.82, 2.24) is 0 Å². The highest BCUT2D eigenvalue weighted by Gasteiger charge is 2.37. The molecule has 0 spiro atoms. The molecular formula is C40H38N2. The first-order chi connectivity index (χ1) is 20.1. The minimum Gasteiger partial charge on any atom is -0.310 e. The topological polar surface area (TPSA) is 6.48 Å². The molecule has 42 heavy (non-hydrogen) atoms. The summed E-state index contributed by atoms with van der Waals surface area (Å²) in [6.07, 6.45) is 1.05. The van der Waals surface area contributed by atoms with Crippen LogP contribution in [0.3, 0.4) is 0 Å². The molecule has 5 aromatic rings. The lowest BCUT2D eigenvalue weighted by Gasteiger charge is -2.42. The Labute approximate surface area is 250 Å². The van der Waals surface area contributed by atoms with Gasteiger partial charge in [-0.25, -0.2) is 0 Å². The second-order valence-electron chi connectivity index (χ2n) is 13.4. The normalized spacial score (nSPS) is 15.0. The monoisotopic (exact) mass is 546 g/mol. The molecule has 208 valence electrons. The average Bonchev–Trinajstić information content (AvgIpc) is 2.97. The van der Waals surface area contributed by atoms with Crippen LogP contribution >= 0.6 is 0 Å². The summed E-state index contributed by atoms with van der Waals surface area (Å²) in [5.74, 6) is 0. The number of hydrogen-bond acceptors (Lipinski definition) is 2. The standard InChI is InChI=1S/C40H38N2/c1-27-31-16-7-10-19-35(31)41(36-20-11-8-17-32(27)36)29-14-13-15-30(25-29)42-37-21-12-9-18-33(37)40(5,6)34-24-28(22-23-38(34)42)26-39(2,3)4/h7-25H,1,26H2,2-6H3. The van der Waals surface area contributed by atoms with Crippen LogP contribution in [-0.2, 0) is 11.8 Å². The summed E-state index contributed by atoms with van der Waals surface area (Å²) < 4.78 is 0. The summed E-state index contributed by atoms with van der Waals surface area (Å²) in [5, 5.41) is 0. The van der Waals surface area contributed by atoms with E-state index in [-0.39, 0.29) is 10.8 Å². The van der Waals surface area contributed by atoms with Crippen molar-refractivity contribution in [3.05, 3.63) is 150 Å². The summed E-state index contributed by atoms with van der Waals surface area (Å²) in [5.41, 5.74) is 14.7. The molecule has 0 saturated heterocycles. The van der Waals surface area contributed by atoms with Crippen molar-refractivity contribution in [1.29, 1.82) is 0 Å². The summed E-state index contributed by atoms with van der Waals surface area (Å²) in [6, 6.07) is 42.2. The summed E-state index contributed by atoms with van der Waals surface area (Å²) in [6.45, 7) is 16.2. The minimum atomic E-state index is -0.112. The molecule has 0 aliphatic carbocycles. The van der Waals surface area contributed by atoms with E-state index in [9.17, 15) is 0 Å². The maximum Gasteiger partial charge on any atom is 0.0540 e. The van der Waals surface area contributed by atoms with Crippen LogP contribution in [0.4, 0.5) is 34.1 Å². The molecule has 2 heteroatoms. The van der Waals surface area contributed by atoms with Crippen molar-refractivity contribution in [2.75, 3.05) is 9.80 Å². The zero-order chi connectivity index (χ0) is 29.2. The van der Waals surface area contributed by atoms with Gasteiger partial charge in [0.05, 0.1) is 22.7 Å². The van der Waals surface area contributed by atoms with Crippen molar-refractivity contribution in [3.63, 3.8) is 0 Å². The fourth-order valence-corrected chi connectivity index (χ4v) is 6.92. The molecular weight excluding hydrogens is 508 g/mol. The van der Waals surface area contributed by atoms with Crippen LogP contribution in [0.5, 0.6) is 0 Å². The Kier molecular flexibility index (Phi) is 5.95. The number of hydrogen-bond donors (Lipinski definition) is 0. The van der Waals surface area contributed by atoms with E-state index in [1.807, 2.05) is 0 Å². The van der Waals surface area contributed by atoms with Gasteiger partial charge in [0, 0.05) is 27.9 Å². The Balaban J connectivity index is 1.41. The van der Waals surface area contributed by atoms with Gasteiger partial charge in [0.25, 0.3) is 0 Å². The predicted octanol–water partition coefficient (Wildman–Crippen LogP) is 11.2. The molecule has 2 nitrogen and oxygen atoms in total. The van der Waals surface area contributed by atoms with E-state index in [2.05, 4.69) is 166 Å². The van der Waals surface area contributed by atoms with Gasteiger partial charge in [0.15, 0.2) is 0 Å². The third-order valence-corrected chi connectivity index (χ3v) is 8.81. The molecule has 0 saturated carbocycles. The van der Waals surface area contributed by atoms with Crippen LogP contribution in [0.25, 0.3) is 5.57 Å². The molecule has 2 aliphatic rings. The first kappa shape index (κ1) is 26.3. The molecule has 7 rings (SSSR count). The summed E-state index contributed by atoms with van der Waals surface area (Å²) in [4.78, 5) is 4.84. The zero-order valence-electron chi connectivity index (χ0n) is 25.3. The molecule has 0 N–H and O–H groups in total. The van der Waals surface area contributed by atoms with Gasteiger partial charge < -0.3 is 9.80 Å². The lowest BCUT2D eigenvalue weighted by Crippen LogP contribution is -2.31. The van der Waals surface area contributed by atoms with Crippen LogP contribution in [0.2, 0.25) is 0 Å². The number of nitrogens with zero attached hydrogens (tertiary/aromatic N) is 2. The first-order valence-electron chi connectivity index (χ1n) is 14.9. The maximum absolute atomic E-state index is 4.47. The molecule has 2 aliphatic heterocycles. The first-order valence-corrected chi connectivity index (χ1v) is 14.9. The Hall–Kier alpha value is -4.56. The third kappa shape index (κ3) is 4.17. The lowest BCUT2D eigenvalue weighted by molar-refractivity contribution is 0.411. The number of fused-ring (bicyclic) bond motifs is 4. The fourth-order valence-electron chi connectivity index (χ4n) is 6.92. The van der Waals surface area contributed by atoms with Gasteiger partial charge in [-0.05, 0) is 76.6 Å². The van der Waals surface area contributed by atoms with Gasteiger partial charge >= 0.3 is 0 Å². The van der Waals surface area contributed by atoms with E-state index >= 15 is 0 Å². The predicted molar refractivity (Wildman–Crippen MR) is 179 cm³/mol. The Morgan fingerprint density at radius 1 is 0.571 bits per heavy atom. The van der Waals surface area contributed by atoms with Gasteiger partial charge in [-0.1, -0.05) is 114 Å². The molecule has 0 bridgehead atoms. The van der Waals surface area contributed by atoms with Crippen LogP contribution in [0.1, 0.15) is 62.4 Å². The van der Waals surface area contributed by atoms with Crippen LogP contribution in [0, 0.1) is 5.41 Å². The Bertz CT molecular complexity index is 1800. The highest BCUT2D eigenvalue weighted by Crippen LogP contribution is 2.54. The molecule has 0 radical (unpaired) electrons. The fraction of sp³-hybridized carbons (Fsp3) is 0.200. The zero-order valence-corrected chi connectivity index (χ0v) is 25.3. The number of benzene rings is 5. The van der Waals surface area contributed by atoms with Crippen molar-refractivity contribution >= 4 is 39.7 Å². The van der Waals surface area contributed by atoms with Crippen molar-refractivity contribution < 1.29 is 0 Å². The van der Waals surface area contributed by atoms with Crippen molar-refractivity contribution in [3.8, 4) is 0 Å². The second-order valence-corrected chi connectivity index (χ2v) is 13.4. The summed E-state index contributed by atoms with van der Waals surface area (Å²) >= 11 is 0. The molecule has 0 fully saturated rings. The second kappa shape index (κ2) is 9.49. The van der Waals surface area contributed by atoms with E-state index in [4.69, 9.17) is 0 Å². The number of para-hydroxylation sites is 3. The van der Waals surface area contributed by atoms with E-state index < -0.39 is 0 Å². The summed E-state index contributed by atoms with van der Waals surface area (Å²) in [7, 11) is 0. The van der Waals surface area contributed by atoms with Crippen LogP contribution in [0.15, 0.2) is 122 Å². The minimum absolute atomic E-state index is 0.112. The van der Waals surface area contributed by atoms with Gasteiger partial charge in [0.2, 0.25) is 0 Å². The van der Waals surface area contributed by atoms with Crippen LogP contribution < -0.4 is 9.80 Å². The molecule has 2 heterocycles. The SMILES string of the molecule is C=C1c2ccccc2N(c2cccc(N3c4ccccc4C(C)(C)c4cc(CC(C)(C)C)ccc43)c2)c2ccccc21.